The summed E-state index contributed by atoms with van der Waals surface area (Å²) in [4.78, 5) is 26.8. The van der Waals surface area contributed by atoms with Crippen molar-refractivity contribution >= 4 is 12.1 Å². The number of nitrogens with zero attached hydrogens (tertiary/aromatic N) is 1. The molecule has 1 aromatic rings. The molecule has 1 rings (SSSR count). The Morgan fingerprint density at radius 2 is 2.09 bits per heavy atom. The van der Waals surface area contributed by atoms with E-state index in [0.717, 1.165) is 0 Å². The maximum absolute atomic E-state index is 11.4. The van der Waals surface area contributed by atoms with E-state index in [2.05, 4.69) is 22.1 Å². The molecule has 0 aliphatic carbocycles. The zero-order valence-electron chi connectivity index (χ0n) is 13.0. The van der Waals surface area contributed by atoms with Crippen molar-refractivity contribution in [3.05, 3.63) is 30.1 Å². The van der Waals surface area contributed by atoms with Gasteiger partial charge in [0.15, 0.2) is 6.61 Å². The lowest BCUT2D eigenvalue weighted by atomic mass is 10.2. The fourth-order valence-corrected chi connectivity index (χ4v) is 1.33. The zero-order valence-corrected chi connectivity index (χ0v) is 13.0. The van der Waals surface area contributed by atoms with Gasteiger partial charge in [0.25, 0.3) is 0 Å². The summed E-state index contributed by atoms with van der Waals surface area (Å²) in [5.74, 6) is 5.03. The Hall–Kier alpha value is -2.55. The van der Waals surface area contributed by atoms with Gasteiger partial charge >= 0.3 is 12.1 Å². The minimum Gasteiger partial charge on any atom is -0.452 e. The number of alkyl carbamates (subject to hydrolysis) is 1. The van der Waals surface area contributed by atoms with Gasteiger partial charge in [-0.25, -0.2) is 9.78 Å². The Labute approximate surface area is 130 Å². The number of rotatable bonds is 4. The standard InChI is InChI=1S/C16H20N2O4/c1-16(2,3)22-15(20)18-11-9-14(19)21-12-6-8-13-7-4-5-10-17-13/h4-5,7,10H,9,11-12H2,1-3H3,(H,18,20). The topological polar surface area (TPSA) is 77.5 Å². The average molecular weight is 304 g/mol. The van der Waals surface area contributed by atoms with Gasteiger partial charge in [0.05, 0.1) is 6.42 Å². The van der Waals surface area contributed by atoms with Gasteiger partial charge in [0.2, 0.25) is 0 Å². The molecule has 0 unspecified atom stereocenters. The second-order valence-electron chi connectivity index (χ2n) is 5.36. The van der Waals surface area contributed by atoms with Crippen LogP contribution in [-0.4, -0.2) is 35.8 Å². The summed E-state index contributed by atoms with van der Waals surface area (Å²) in [7, 11) is 0. The predicted octanol–water partition coefficient (Wildman–Crippen LogP) is 1.89. The molecule has 0 aliphatic heterocycles. The fourth-order valence-electron chi connectivity index (χ4n) is 1.33. The van der Waals surface area contributed by atoms with E-state index in [1.165, 1.54) is 0 Å². The minimum absolute atomic E-state index is 0.0121. The van der Waals surface area contributed by atoms with Gasteiger partial charge in [-0.2, -0.15) is 0 Å². The summed E-state index contributed by atoms with van der Waals surface area (Å²) >= 11 is 0. The lowest BCUT2D eigenvalue weighted by Crippen LogP contribution is -2.33. The van der Waals surface area contributed by atoms with Crippen LogP contribution in [0, 0.1) is 11.8 Å². The third kappa shape index (κ3) is 8.59. The van der Waals surface area contributed by atoms with Crippen LogP contribution in [0.5, 0.6) is 0 Å². The second-order valence-corrected chi connectivity index (χ2v) is 5.36. The van der Waals surface area contributed by atoms with E-state index in [-0.39, 0.29) is 19.6 Å². The van der Waals surface area contributed by atoms with Crippen molar-refractivity contribution in [3.8, 4) is 11.8 Å². The average Bonchev–Trinajstić information content (AvgIpc) is 2.43. The molecule has 118 valence electrons. The van der Waals surface area contributed by atoms with Gasteiger partial charge in [-0.15, -0.1) is 0 Å². The van der Waals surface area contributed by atoms with Crippen LogP contribution >= 0.6 is 0 Å². The first-order valence-corrected chi connectivity index (χ1v) is 6.89. The van der Waals surface area contributed by atoms with Crippen molar-refractivity contribution in [2.24, 2.45) is 0 Å². The van der Waals surface area contributed by atoms with Crippen LogP contribution in [0.4, 0.5) is 4.79 Å². The van der Waals surface area contributed by atoms with Crippen molar-refractivity contribution in [1.29, 1.82) is 0 Å². The van der Waals surface area contributed by atoms with E-state index in [4.69, 9.17) is 9.47 Å². The second kappa shape index (κ2) is 8.67. The monoisotopic (exact) mass is 304 g/mol. The Balaban J connectivity index is 2.17. The molecule has 0 radical (unpaired) electrons. The predicted molar refractivity (Wildman–Crippen MR) is 80.9 cm³/mol. The van der Waals surface area contributed by atoms with Gasteiger partial charge in [0, 0.05) is 12.7 Å². The maximum atomic E-state index is 11.4. The summed E-state index contributed by atoms with van der Waals surface area (Å²) in [6.45, 7) is 5.44. The number of ether oxygens (including phenoxy) is 2. The number of amides is 1. The van der Waals surface area contributed by atoms with Crippen molar-refractivity contribution in [2.75, 3.05) is 13.2 Å². The van der Waals surface area contributed by atoms with Crippen molar-refractivity contribution in [1.82, 2.24) is 10.3 Å². The summed E-state index contributed by atoms with van der Waals surface area (Å²) < 4.78 is 9.95. The molecule has 0 aliphatic rings. The van der Waals surface area contributed by atoms with Gasteiger partial charge < -0.3 is 14.8 Å². The molecule has 22 heavy (non-hydrogen) atoms. The van der Waals surface area contributed by atoms with Gasteiger partial charge in [-0.1, -0.05) is 12.0 Å². The molecule has 1 heterocycles. The van der Waals surface area contributed by atoms with Crippen LogP contribution in [0.2, 0.25) is 0 Å². The Morgan fingerprint density at radius 1 is 1.32 bits per heavy atom. The molecule has 6 nitrogen and oxygen atoms in total. The van der Waals surface area contributed by atoms with E-state index in [1.54, 1.807) is 39.1 Å². The van der Waals surface area contributed by atoms with Crippen LogP contribution < -0.4 is 5.32 Å². The highest BCUT2D eigenvalue weighted by Crippen LogP contribution is 2.06. The minimum atomic E-state index is -0.564. The fraction of sp³-hybridized carbons (Fsp3) is 0.438. The summed E-state index contributed by atoms with van der Waals surface area (Å²) in [6.07, 6.45) is 1.14. The highest BCUT2D eigenvalue weighted by Gasteiger charge is 2.15. The molecule has 6 heteroatoms. The maximum Gasteiger partial charge on any atom is 0.407 e. The Morgan fingerprint density at radius 3 is 2.73 bits per heavy atom. The van der Waals surface area contributed by atoms with Crippen LogP contribution in [-0.2, 0) is 14.3 Å². The first-order valence-electron chi connectivity index (χ1n) is 6.89. The van der Waals surface area contributed by atoms with E-state index in [0.29, 0.717) is 5.69 Å². The van der Waals surface area contributed by atoms with Crippen LogP contribution in [0.1, 0.15) is 32.9 Å². The molecule has 1 aromatic heterocycles. The quantitative estimate of drug-likeness (QED) is 0.679. The lowest BCUT2D eigenvalue weighted by Gasteiger charge is -2.19. The molecule has 1 amide bonds. The number of hydrogen-bond acceptors (Lipinski definition) is 5. The normalized spacial score (nSPS) is 10.1. The Bertz CT molecular complexity index is 553. The van der Waals surface area contributed by atoms with E-state index < -0.39 is 17.7 Å². The summed E-state index contributed by atoms with van der Waals surface area (Å²) in [5.41, 5.74) is 0.0520. The number of nitrogens with one attached hydrogen (secondary N) is 1. The number of carbonyl (C=O) groups excluding carboxylic acids is 2. The van der Waals surface area contributed by atoms with E-state index >= 15 is 0 Å². The summed E-state index contributed by atoms with van der Waals surface area (Å²) in [5, 5.41) is 2.48. The molecule has 0 bridgehead atoms. The van der Waals surface area contributed by atoms with Gasteiger partial charge in [-0.3, -0.25) is 4.79 Å². The highest BCUT2D eigenvalue weighted by molar-refractivity contribution is 5.72. The largest absolute Gasteiger partial charge is 0.452 e. The van der Waals surface area contributed by atoms with Gasteiger partial charge in [0.1, 0.15) is 11.3 Å². The summed E-state index contributed by atoms with van der Waals surface area (Å²) in [6, 6.07) is 5.38. The van der Waals surface area contributed by atoms with Crippen molar-refractivity contribution < 1.29 is 19.1 Å². The molecule has 0 atom stereocenters. The molecule has 0 fully saturated rings. The number of esters is 1. The first-order chi connectivity index (χ1) is 10.4. The van der Waals surface area contributed by atoms with E-state index in [1.807, 2.05) is 6.07 Å². The molecule has 0 saturated carbocycles. The van der Waals surface area contributed by atoms with Crippen molar-refractivity contribution in [3.63, 3.8) is 0 Å². The molecule has 0 aromatic carbocycles. The van der Waals surface area contributed by atoms with E-state index in [9.17, 15) is 9.59 Å². The molecule has 0 spiro atoms. The number of hydrogen-bond donors (Lipinski definition) is 1. The molecule has 1 N–H and O–H groups in total. The smallest absolute Gasteiger partial charge is 0.407 e. The van der Waals surface area contributed by atoms with Crippen molar-refractivity contribution in [2.45, 2.75) is 32.8 Å². The number of pyridine rings is 1. The molecular formula is C16H20N2O4. The highest BCUT2D eigenvalue weighted by atomic mass is 16.6. The van der Waals surface area contributed by atoms with Crippen LogP contribution in [0.3, 0.4) is 0 Å². The Kier molecular flexibility index (Phi) is 6.90. The first kappa shape index (κ1) is 17.5. The third-order valence-electron chi connectivity index (χ3n) is 2.18. The van der Waals surface area contributed by atoms with Crippen LogP contribution in [0.15, 0.2) is 24.4 Å². The third-order valence-corrected chi connectivity index (χ3v) is 2.18. The number of aromatic nitrogens is 1. The zero-order chi connectivity index (χ0) is 16.4. The van der Waals surface area contributed by atoms with Gasteiger partial charge in [-0.05, 0) is 38.8 Å². The molecular weight excluding hydrogens is 284 g/mol. The lowest BCUT2D eigenvalue weighted by molar-refractivity contribution is -0.142. The SMILES string of the molecule is CC(C)(C)OC(=O)NCCC(=O)OCC#Cc1ccccn1. The number of carbonyl (C=O) groups is 2. The molecule has 0 saturated heterocycles. The van der Waals surface area contributed by atoms with Crippen LogP contribution in [0.25, 0.3) is 0 Å².